The summed E-state index contributed by atoms with van der Waals surface area (Å²) in [6, 6.07) is 0. The first-order valence-corrected chi connectivity index (χ1v) is 6.42. The number of aryl methyl sites for hydroxylation is 2. The standard InChI is InChI=1S/C13H20N4O2/c1-17-10-15-8-11(17)12-9-16-13(19-12)4-3-5-14-6-7-18-2/h8-10,14H,3-7H2,1-2H3. The predicted molar refractivity (Wildman–Crippen MR) is 71.8 cm³/mol. The summed E-state index contributed by atoms with van der Waals surface area (Å²) in [5, 5.41) is 3.29. The lowest BCUT2D eigenvalue weighted by molar-refractivity contribution is 0.199. The number of rotatable bonds is 8. The summed E-state index contributed by atoms with van der Waals surface area (Å²) in [7, 11) is 3.64. The van der Waals surface area contributed by atoms with Crippen LogP contribution in [-0.4, -0.2) is 41.3 Å². The maximum Gasteiger partial charge on any atom is 0.195 e. The minimum Gasteiger partial charge on any atom is -0.439 e. The fourth-order valence-corrected chi connectivity index (χ4v) is 1.80. The molecule has 0 unspecified atom stereocenters. The van der Waals surface area contributed by atoms with Gasteiger partial charge in [-0.3, -0.25) is 0 Å². The summed E-state index contributed by atoms with van der Waals surface area (Å²) in [5.41, 5.74) is 0.942. The Morgan fingerprint density at radius 3 is 3.00 bits per heavy atom. The van der Waals surface area contributed by atoms with Gasteiger partial charge in [-0.2, -0.15) is 0 Å². The van der Waals surface area contributed by atoms with Crippen molar-refractivity contribution in [2.24, 2.45) is 7.05 Å². The molecule has 0 aromatic carbocycles. The highest BCUT2D eigenvalue weighted by Crippen LogP contribution is 2.19. The van der Waals surface area contributed by atoms with Gasteiger partial charge in [0.25, 0.3) is 0 Å². The molecule has 2 heterocycles. The van der Waals surface area contributed by atoms with Crippen molar-refractivity contribution in [2.45, 2.75) is 12.8 Å². The van der Waals surface area contributed by atoms with Gasteiger partial charge < -0.3 is 19.0 Å². The van der Waals surface area contributed by atoms with Gasteiger partial charge in [-0.1, -0.05) is 0 Å². The van der Waals surface area contributed by atoms with Crippen LogP contribution in [0.1, 0.15) is 12.3 Å². The van der Waals surface area contributed by atoms with Crippen molar-refractivity contribution >= 4 is 0 Å². The average Bonchev–Trinajstić information content (AvgIpc) is 3.02. The third-order valence-electron chi connectivity index (χ3n) is 2.85. The lowest BCUT2D eigenvalue weighted by Gasteiger charge is -2.02. The molecular weight excluding hydrogens is 244 g/mol. The molecule has 0 aliphatic heterocycles. The Labute approximate surface area is 112 Å². The number of aromatic nitrogens is 3. The smallest absolute Gasteiger partial charge is 0.195 e. The van der Waals surface area contributed by atoms with Gasteiger partial charge in [0.2, 0.25) is 0 Å². The lowest BCUT2D eigenvalue weighted by Crippen LogP contribution is -2.20. The molecule has 2 aromatic rings. The third kappa shape index (κ3) is 3.90. The second-order valence-electron chi connectivity index (χ2n) is 4.35. The monoisotopic (exact) mass is 264 g/mol. The first kappa shape index (κ1) is 13.8. The van der Waals surface area contributed by atoms with E-state index < -0.39 is 0 Å². The summed E-state index contributed by atoms with van der Waals surface area (Å²) < 4.78 is 12.6. The van der Waals surface area contributed by atoms with Crippen LogP contribution in [0, 0.1) is 0 Å². The van der Waals surface area contributed by atoms with Gasteiger partial charge in [-0.05, 0) is 13.0 Å². The fourth-order valence-electron chi connectivity index (χ4n) is 1.80. The topological polar surface area (TPSA) is 65.1 Å². The first-order valence-electron chi connectivity index (χ1n) is 6.42. The van der Waals surface area contributed by atoms with E-state index in [1.807, 2.05) is 11.6 Å². The van der Waals surface area contributed by atoms with Gasteiger partial charge in [0.05, 0.1) is 25.3 Å². The molecule has 0 saturated carbocycles. The molecule has 0 aliphatic rings. The summed E-state index contributed by atoms with van der Waals surface area (Å²) in [4.78, 5) is 8.35. The Bertz CT molecular complexity index is 492. The quantitative estimate of drug-likeness (QED) is 0.727. The van der Waals surface area contributed by atoms with Crippen LogP contribution >= 0.6 is 0 Å². The third-order valence-corrected chi connectivity index (χ3v) is 2.85. The van der Waals surface area contributed by atoms with Crippen molar-refractivity contribution in [1.82, 2.24) is 19.9 Å². The highest BCUT2D eigenvalue weighted by Gasteiger charge is 2.09. The molecule has 0 atom stereocenters. The van der Waals surface area contributed by atoms with Crippen LogP contribution in [0.25, 0.3) is 11.5 Å². The van der Waals surface area contributed by atoms with Gasteiger partial charge in [-0.15, -0.1) is 0 Å². The number of ether oxygens (including phenoxy) is 1. The van der Waals surface area contributed by atoms with Gasteiger partial charge in [0, 0.05) is 27.1 Å². The molecule has 0 bridgehead atoms. The molecule has 0 amide bonds. The zero-order chi connectivity index (χ0) is 13.5. The maximum absolute atomic E-state index is 5.71. The van der Waals surface area contributed by atoms with Crippen LogP contribution in [0.2, 0.25) is 0 Å². The number of methoxy groups -OCH3 is 1. The molecule has 104 valence electrons. The van der Waals surface area contributed by atoms with Gasteiger partial charge in [-0.25, -0.2) is 9.97 Å². The molecular formula is C13H20N4O2. The van der Waals surface area contributed by atoms with Crippen molar-refractivity contribution in [3.05, 3.63) is 24.6 Å². The molecule has 0 spiro atoms. The van der Waals surface area contributed by atoms with Crippen LogP contribution in [0.4, 0.5) is 0 Å². The molecule has 0 saturated heterocycles. The van der Waals surface area contributed by atoms with E-state index in [1.165, 1.54) is 0 Å². The molecule has 0 radical (unpaired) electrons. The number of oxazole rings is 1. The highest BCUT2D eigenvalue weighted by atomic mass is 16.5. The van der Waals surface area contributed by atoms with E-state index in [2.05, 4.69) is 15.3 Å². The Morgan fingerprint density at radius 1 is 1.37 bits per heavy atom. The van der Waals surface area contributed by atoms with Crippen molar-refractivity contribution < 1.29 is 9.15 Å². The number of nitrogens with zero attached hydrogens (tertiary/aromatic N) is 3. The molecule has 6 nitrogen and oxygen atoms in total. The van der Waals surface area contributed by atoms with Crippen LogP contribution in [0.15, 0.2) is 23.1 Å². The van der Waals surface area contributed by atoms with Gasteiger partial charge in [0.1, 0.15) is 5.69 Å². The summed E-state index contributed by atoms with van der Waals surface area (Å²) in [5.74, 6) is 1.53. The van der Waals surface area contributed by atoms with Crippen molar-refractivity contribution in [3.63, 3.8) is 0 Å². The Morgan fingerprint density at radius 2 is 2.26 bits per heavy atom. The van der Waals surface area contributed by atoms with E-state index >= 15 is 0 Å². The molecule has 1 N–H and O–H groups in total. The summed E-state index contributed by atoms with van der Waals surface area (Å²) >= 11 is 0. The van der Waals surface area contributed by atoms with Crippen molar-refractivity contribution in [1.29, 1.82) is 0 Å². The normalized spacial score (nSPS) is 11.1. The highest BCUT2D eigenvalue weighted by molar-refractivity contribution is 5.49. The van der Waals surface area contributed by atoms with Crippen molar-refractivity contribution in [2.75, 3.05) is 26.8 Å². The fraction of sp³-hybridized carbons (Fsp3) is 0.538. The minimum atomic E-state index is 0.740. The molecule has 2 rings (SSSR count). The van der Waals surface area contributed by atoms with Crippen LogP contribution in [-0.2, 0) is 18.2 Å². The Hall–Kier alpha value is -1.66. The molecule has 0 fully saturated rings. The second-order valence-corrected chi connectivity index (χ2v) is 4.35. The SMILES string of the molecule is COCCNCCCc1ncc(-c2cncn2C)o1. The Balaban J connectivity index is 1.77. The van der Waals surface area contributed by atoms with Crippen LogP contribution < -0.4 is 5.32 Å². The average molecular weight is 264 g/mol. The molecule has 0 aliphatic carbocycles. The second kappa shape index (κ2) is 7.06. The van der Waals surface area contributed by atoms with E-state index in [1.54, 1.807) is 25.8 Å². The largest absolute Gasteiger partial charge is 0.439 e. The van der Waals surface area contributed by atoms with Crippen molar-refractivity contribution in [3.8, 4) is 11.5 Å². The zero-order valence-corrected chi connectivity index (χ0v) is 11.4. The maximum atomic E-state index is 5.71. The predicted octanol–water partition coefficient (Wildman–Crippen LogP) is 1.24. The van der Waals surface area contributed by atoms with E-state index in [-0.39, 0.29) is 0 Å². The van der Waals surface area contributed by atoms with E-state index in [9.17, 15) is 0 Å². The van der Waals surface area contributed by atoms with E-state index in [4.69, 9.17) is 9.15 Å². The van der Waals surface area contributed by atoms with Gasteiger partial charge in [0.15, 0.2) is 11.7 Å². The number of hydrogen-bond acceptors (Lipinski definition) is 5. The van der Waals surface area contributed by atoms with E-state index in [0.29, 0.717) is 0 Å². The molecule has 6 heteroatoms. The first-order chi connectivity index (χ1) is 9.31. The number of hydrogen-bond donors (Lipinski definition) is 1. The Kier molecular flexibility index (Phi) is 5.11. The number of imidazole rings is 1. The molecule has 19 heavy (non-hydrogen) atoms. The van der Waals surface area contributed by atoms with Crippen LogP contribution in [0.5, 0.6) is 0 Å². The van der Waals surface area contributed by atoms with Gasteiger partial charge >= 0.3 is 0 Å². The molecule has 2 aromatic heterocycles. The van der Waals surface area contributed by atoms with Crippen LogP contribution in [0.3, 0.4) is 0 Å². The number of nitrogens with one attached hydrogen (secondary N) is 1. The zero-order valence-electron chi connectivity index (χ0n) is 11.4. The van der Waals surface area contributed by atoms with E-state index in [0.717, 1.165) is 49.9 Å². The lowest BCUT2D eigenvalue weighted by atomic mass is 10.3. The minimum absolute atomic E-state index is 0.740. The summed E-state index contributed by atoms with van der Waals surface area (Å²) in [6.45, 7) is 2.55. The summed E-state index contributed by atoms with van der Waals surface area (Å²) in [6.07, 6.45) is 7.10.